The Bertz CT molecular complexity index is 520. The molecule has 2 N–H and O–H groups in total. The van der Waals surface area contributed by atoms with E-state index in [1.54, 1.807) is 0 Å². The molecule has 1 saturated heterocycles. The molecule has 1 aromatic carbocycles. The van der Waals surface area contributed by atoms with Crippen LogP contribution in [0.15, 0.2) is 12.1 Å². The van der Waals surface area contributed by atoms with E-state index in [-0.39, 0.29) is 22.7 Å². The fraction of sp³-hybridized carbons (Fsp3) is 0.538. The number of nitro benzene ring substituents is 1. The van der Waals surface area contributed by atoms with E-state index in [0.29, 0.717) is 26.2 Å². The lowest BCUT2D eigenvalue weighted by atomic mass is 10.0. The molecule has 0 radical (unpaired) electrons. The molecule has 116 valence electrons. The highest BCUT2D eigenvalue weighted by molar-refractivity contribution is 5.54. The van der Waals surface area contributed by atoms with Gasteiger partial charge in [-0.1, -0.05) is 0 Å². The number of alkyl halides is 1. The number of piperazine rings is 1. The Morgan fingerprint density at radius 3 is 2.71 bits per heavy atom. The summed E-state index contributed by atoms with van der Waals surface area (Å²) in [6.45, 7) is 1.91. The number of hydrogen-bond donors (Lipinski definition) is 2. The smallest absolute Gasteiger partial charge is 0.273 e. The van der Waals surface area contributed by atoms with Gasteiger partial charge in [0.2, 0.25) is 0 Å². The topological polar surface area (TPSA) is 87.9 Å². The second kappa shape index (κ2) is 6.68. The Hall–Kier alpha value is -1.93. The highest BCUT2D eigenvalue weighted by atomic mass is 19.1. The van der Waals surface area contributed by atoms with Gasteiger partial charge in [0.1, 0.15) is 6.67 Å². The highest BCUT2D eigenvalue weighted by Crippen LogP contribution is 2.39. The van der Waals surface area contributed by atoms with Gasteiger partial charge < -0.3 is 15.2 Å². The molecule has 21 heavy (non-hydrogen) atoms. The molecular weight excluding hydrogens is 281 g/mol. The number of nitro groups is 1. The molecule has 8 heteroatoms. The van der Waals surface area contributed by atoms with Gasteiger partial charge in [0.15, 0.2) is 11.5 Å². The molecule has 1 aliphatic heterocycles. The van der Waals surface area contributed by atoms with E-state index in [1.165, 1.54) is 13.2 Å². The Morgan fingerprint density at radius 1 is 1.52 bits per heavy atom. The van der Waals surface area contributed by atoms with Crippen molar-refractivity contribution in [2.45, 2.75) is 6.04 Å². The van der Waals surface area contributed by atoms with Gasteiger partial charge in [-0.2, -0.15) is 0 Å². The Balaban J connectivity index is 2.43. The van der Waals surface area contributed by atoms with Crippen LogP contribution in [0, 0.1) is 10.1 Å². The van der Waals surface area contributed by atoms with Gasteiger partial charge in [-0.25, -0.2) is 4.39 Å². The van der Waals surface area contributed by atoms with Gasteiger partial charge in [0.25, 0.3) is 5.69 Å². The van der Waals surface area contributed by atoms with E-state index in [4.69, 9.17) is 4.74 Å². The van der Waals surface area contributed by atoms with Crippen LogP contribution in [0.1, 0.15) is 11.6 Å². The summed E-state index contributed by atoms with van der Waals surface area (Å²) in [5.41, 5.74) is -0.0429. The maximum atomic E-state index is 13.5. The first-order chi connectivity index (χ1) is 10.1. The number of halogens is 1. The molecule has 1 aromatic rings. The third-order valence-electron chi connectivity index (χ3n) is 3.62. The number of phenolic OH excluding ortho intramolecular Hbond substituents is 1. The van der Waals surface area contributed by atoms with Crippen molar-refractivity contribution < 1.29 is 19.2 Å². The molecule has 1 atom stereocenters. The first-order valence-electron chi connectivity index (χ1n) is 6.64. The van der Waals surface area contributed by atoms with Crippen LogP contribution in [-0.2, 0) is 0 Å². The van der Waals surface area contributed by atoms with Gasteiger partial charge in [-0.05, 0) is 0 Å². The third kappa shape index (κ3) is 3.22. The summed E-state index contributed by atoms with van der Waals surface area (Å²) in [6.07, 6.45) is 0. The van der Waals surface area contributed by atoms with E-state index >= 15 is 0 Å². The molecule has 0 amide bonds. The number of benzene rings is 1. The minimum absolute atomic E-state index is 0.0206. The predicted octanol–water partition coefficient (Wildman–Crippen LogP) is 1.22. The first-order valence-corrected chi connectivity index (χ1v) is 6.64. The van der Waals surface area contributed by atoms with Gasteiger partial charge in [-0.3, -0.25) is 15.0 Å². The standard InChI is InChI=1S/C13H18FN3O4/c1-21-12-7-9(17(19)20)6-10(13(12)18)11(8-14)16-4-2-15-3-5-16/h6-7,11,15,18H,2-5,8H2,1H3/t11-/m0/s1. The summed E-state index contributed by atoms with van der Waals surface area (Å²) in [6, 6.07) is 1.62. The third-order valence-corrected chi connectivity index (χ3v) is 3.62. The molecule has 1 heterocycles. The van der Waals surface area contributed by atoms with Crippen LogP contribution in [0.3, 0.4) is 0 Å². The van der Waals surface area contributed by atoms with Crippen molar-refractivity contribution in [1.29, 1.82) is 0 Å². The molecule has 1 aliphatic rings. The lowest BCUT2D eigenvalue weighted by molar-refractivity contribution is -0.385. The highest BCUT2D eigenvalue weighted by Gasteiger charge is 2.28. The number of non-ortho nitro benzene ring substituents is 1. The number of hydrogen-bond acceptors (Lipinski definition) is 6. The van der Waals surface area contributed by atoms with Crippen molar-refractivity contribution in [3.8, 4) is 11.5 Å². The number of aromatic hydroxyl groups is 1. The van der Waals surface area contributed by atoms with Crippen molar-refractivity contribution in [1.82, 2.24) is 10.2 Å². The van der Waals surface area contributed by atoms with Crippen molar-refractivity contribution >= 4 is 5.69 Å². The number of nitrogens with one attached hydrogen (secondary N) is 1. The van der Waals surface area contributed by atoms with Gasteiger partial charge in [-0.15, -0.1) is 0 Å². The molecule has 0 unspecified atom stereocenters. The zero-order chi connectivity index (χ0) is 15.4. The molecular formula is C13H18FN3O4. The zero-order valence-electron chi connectivity index (χ0n) is 11.7. The Labute approximate surface area is 121 Å². The normalized spacial score (nSPS) is 17.4. The predicted molar refractivity (Wildman–Crippen MR) is 74.5 cm³/mol. The SMILES string of the molecule is COc1cc([N+](=O)[O-])cc([C@H](CF)N2CCNCC2)c1O. The fourth-order valence-electron chi connectivity index (χ4n) is 2.50. The molecule has 0 spiro atoms. The first kappa shape index (κ1) is 15.5. The molecule has 0 bridgehead atoms. The quantitative estimate of drug-likeness (QED) is 0.628. The molecule has 0 saturated carbocycles. The number of methoxy groups -OCH3 is 1. The lowest BCUT2D eigenvalue weighted by Crippen LogP contribution is -2.45. The van der Waals surface area contributed by atoms with Gasteiger partial charge in [0.05, 0.1) is 24.1 Å². The lowest BCUT2D eigenvalue weighted by Gasteiger charge is -2.33. The van der Waals surface area contributed by atoms with E-state index in [0.717, 1.165) is 6.07 Å². The average molecular weight is 299 g/mol. The summed E-state index contributed by atoms with van der Waals surface area (Å²) in [5.74, 6) is -0.267. The monoisotopic (exact) mass is 299 g/mol. The molecule has 0 aliphatic carbocycles. The number of rotatable bonds is 5. The summed E-state index contributed by atoms with van der Waals surface area (Å²) in [5, 5.41) is 24.3. The van der Waals surface area contributed by atoms with Crippen LogP contribution in [0.5, 0.6) is 11.5 Å². The van der Waals surface area contributed by atoms with Crippen LogP contribution in [0.25, 0.3) is 0 Å². The number of phenols is 1. The summed E-state index contributed by atoms with van der Waals surface area (Å²) >= 11 is 0. The van der Waals surface area contributed by atoms with Crippen molar-refractivity contribution in [2.24, 2.45) is 0 Å². The second-order valence-corrected chi connectivity index (χ2v) is 4.80. The zero-order valence-corrected chi connectivity index (χ0v) is 11.7. The average Bonchev–Trinajstić information content (AvgIpc) is 2.50. The van der Waals surface area contributed by atoms with Crippen LogP contribution in [0.4, 0.5) is 10.1 Å². The largest absolute Gasteiger partial charge is 0.504 e. The molecule has 0 aromatic heterocycles. The minimum atomic E-state index is -0.738. The van der Waals surface area contributed by atoms with E-state index in [9.17, 15) is 19.6 Å². The molecule has 7 nitrogen and oxygen atoms in total. The van der Waals surface area contributed by atoms with E-state index < -0.39 is 17.6 Å². The Morgan fingerprint density at radius 2 is 2.19 bits per heavy atom. The van der Waals surface area contributed by atoms with Crippen LogP contribution < -0.4 is 10.1 Å². The maximum absolute atomic E-state index is 13.5. The van der Waals surface area contributed by atoms with Crippen LogP contribution in [-0.4, -0.2) is 54.9 Å². The van der Waals surface area contributed by atoms with Gasteiger partial charge >= 0.3 is 0 Å². The van der Waals surface area contributed by atoms with Gasteiger partial charge in [0, 0.05) is 37.8 Å². The second-order valence-electron chi connectivity index (χ2n) is 4.80. The van der Waals surface area contributed by atoms with Crippen molar-refractivity contribution in [3.05, 3.63) is 27.8 Å². The Kier molecular flexibility index (Phi) is 4.92. The summed E-state index contributed by atoms with van der Waals surface area (Å²) in [7, 11) is 1.30. The maximum Gasteiger partial charge on any atom is 0.273 e. The van der Waals surface area contributed by atoms with Crippen molar-refractivity contribution in [2.75, 3.05) is 40.0 Å². The fourth-order valence-corrected chi connectivity index (χ4v) is 2.50. The number of nitrogens with zero attached hydrogens (tertiary/aromatic N) is 2. The number of ether oxygens (including phenoxy) is 1. The molecule has 1 fully saturated rings. The minimum Gasteiger partial charge on any atom is -0.504 e. The van der Waals surface area contributed by atoms with E-state index in [1.807, 2.05) is 4.90 Å². The molecule has 2 rings (SSSR count). The van der Waals surface area contributed by atoms with Crippen molar-refractivity contribution in [3.63, 3.8) is 0 Å². The van der Waals surface area contributed by atoms with Crippen LogP contribution in [0.2, 0.25) is 0 Å². The van der Waals surface area contributed by atoms with E-state index in [2.05, 4.69) is 5.32 Å². The van der Waals surface area contributed by atoms with Crippen LogP contribution >= 0.6 is 0 Å². The summed E-state index contributed by atoms with van der Waals surface area (Å²) in [4.78, 5) is 12.2. The summed E-state index contributed by atoms with van der Waals surface area (Å²) < 4.78 is 18.4.